The number of thiophene rings is 1. The molecule has 0 saturated heterocycles. The molecular weight excluding hydrogens is 326 g/mol. The van der Waals surface area contributed by atoms with Gasteiger partial charge in [0.2, 0.25) is 0 Å². The highest BCUT2D eigenvalue weighted by molar-refractivity contribution is 7.14. The van der Waals surface area contributed by atoms with Gasteiger partial charge in [0, 0.05) is 17.8 Å². The van der Waals surface area contributed by atoms with Gasteiger partial charge in [-0.05, 0) is 23.6 Å². The Bertz CT molecular complexity index is 702. The minimum atomic E-state index is -0.905. The van der Waals surface area contributed by atoms with Crippen LogP contribution in [0.15, 0.2) is 36.4 Å². The van der Waals surface area contributed by atoms with Crippen molar-refractivity contribution in [2.24, 2.45) is 5.92 Å². The van der Waals surface area contributed by atoms with Gasteiger partial charge < -0.3 is 15.2 Å². The summed E-state index contributed by atoms with van der Waals surface area (Å²) in [6, 6.07) is 11.3. The van der Waals surface area contributed by atoms with Crippen LogP contribution in [0.4, 0.5) is 0 Å². The first-order valence-electron chi connectivity index (χ1n) is 7.87. The summed E-state index contributed by atoms with van der Waals surface area (Å²) in [5.41, 5.74) is 2.01. The standard InChI is InChI=1S/C18H19NO4S/c20-17(16-9-14-11-23-7-6-15(14)24-16)19-10-13(18(21)22)8-12-4-2-1-3-5-12/h1-5,9,13H,6-8,10-11H2,(H,19,20)(H,21,22). The summed E-state index contributed by atoms with van der Waals surface area (Å²) >= 11 is 1.47. The van der Waals surface area contributed by atoms with Crippen molar-refractivity contribution in [1.29, 1.82) is 0 Å². The summed E-state index contributed by atoms with van der Waals surface area (Å²) in [6.45, 7) is 1.35. The first-order chi connectivity index (χ1) is 11.6. The van der Waals surface area contributed by atoms with E-state index in [0.717, 1.165) is 17.5 Å². The second-order valence-electron chi connectivity index (χ2n) is 5.80. The zero-order chi connectivity index (χ0) is 16.9. The largest absolute Gasteiger partial charge is 0.481 e. The van der Waals surface area contributed by atoms with Crippen LogP contribution in [0, 0.1) is 5.92 Å². The van der Waals surface area contributed by atoms with Crippen molar-refractivity contribution < 1.29 is 19.4 Å². The lowest BCUT2D eigenvalue weighted by Gasteiger charge is -2.13. The monoisotopic (exact) mass is 345 g/mol. The zero-order valence-electron chi connectivity index (χ0n) is 13.2. The molecule has 2 N–H and O–H groups in total. The number of amides is 1. The van der Waals surface area contributed by atoms with Crippen LogP contribution in [0.25, 0.3) is 0 Å². The van der Waals surface area contributed by atoms with Gasteiger partial charge in [-0.15, -0.1) is 11.3 Å². The molecule has 1 aliphatic heterocycles. The van der Waals surface area contributed by atoms with Gasteiger partial charge in [0.25, 0.3) is 5.91 Å². The number of carbonyl (C=O) groups is 2. The molecule has 3 rings (SSSR count). The number of hydrogen-bond acceptors (Lipinski definition) is 4. The summed E-state index contributed by atoms with van der Waals surface area (Å²) in [4.78, 5) is 25.6. The second kappa shape index (κ2) is 7.59. The first kappa shape index (κ1) is 16.7. The first-order valence-corrected chi connectivity index (χ1v) is 8.69. The van der Waals surface area contributed by atoms with E-state index in [9.17, 15) is 14.7 Å². The fourth-order valence-corrected chi connectivity index (χ4v) is 3.77. The number of nitrogens with one attached hydrogen (secondary N) is 1. The predicted molar refractivity (Wildman–Crippen MR) is 91.3 cm³/mol. The van der Waals surface area contributed by atoms with E-state index < -0.39 is 11.9 Å². The van der Waals surface area contributed by atoms with Gasteiger partial charge >= 0.3 is 5.97 Å². The Morgan fingerprint density at radius 1 is 1.29 bits per heavy atom. The Morgan fingerprint density at radius 2 is 2.08 bits per heavy atom. The SMILES string of the molecule is O=C(NCC(Cc1ccccc1)C(=O)O)c1cc2c(s1)CCOC2. The summed E-state index contributed by atoms with van der Waals surface area (Å²) in [7, 11) is 0. The lowest BCUT2D eigenvalue weighted by atomic mass is 9.99. The molecule has 1 unspecified atom stereocenters. The molecule has 5 nitrogen and oxygen atoms in total. The number of hydrogen-bond donors (Lipinski definition) is 2. The molecule has 126 valence electrons. The molecule has 2 heterocycles. The highest BCUT2D eigenvalue weighted by atomic mass is 32.1. The lowest BCUT2D eigenvalue weighted by Crippen LogP contribution is -2.33. The van der Waals surface area contributed by atoms with Crippen molar-refractivity contribution in [3.8, 4) is 0 Å². The van der Waals surface area contributed by atoms with E-state index in [2.05, 4.69) is 5.32 Å². The molecule has 1 aromatic carbocycles. The summed E-state index contributed by atoms with van der Waals surface area (Å²) in [5, 5.41) is 12.1. The second-order valence-corrected chi connectivity index (χ2v) is 6.93. The van der Waals surface area contributed by atoms with E-state index >= 15 is 0 Å². The molecule has 0 aliphatic carbocycles. The smallest absolute Gasteiger partial charge is 0.308 e. The third kappa shape index (κ3) is 4.01. The summed E-state index contributed by atoms with van der Waals surface area (Å²) < 4.78 is 5.38. The van der Waals surface area contributed by atoms with Crippen LogP contribution in [-0.2, 0) is 29.0 Å². The maximum absolute atomic E-state index is 12.3. The Labute approximate surface area is 144 Å². The number of carbonyl (C=O) groups excluding carboxylic acids is 1. The Hall–Kier alpha value is -2.18. The Balaban J connectivity index is 1.60. The van der Waals surface area contributed by atoms with Crippen molar-refractivity contribution in [2.45, 2.75) is 19.4 Å². The zero-order valence-corrected chi connectivity index (χ0v) is 14.0. The normalized spacial score (nSPS) is 14.7. The van der Waals surface area contributed by atoms with Gasteiger partial charge in [-0.2, -0.15) is 0 Å². The van der Waals surface area contributed by atoms with Crippen molar-refractivity contribution in [2.75, 3.05) is 13.2 Å². The van der Waals surface area contributed by atoms with Gasteiger partial charge in [0.1, 0.15) is 0 Å². The molecule has 0 saturated carbocycles. The van der Waals surface area contributed by atoms with Crippen molar-refractivity contribution in [3.05, 3.63) is 57.3 Å². The third-order valence-electron chi connectivity index (χ3n) is 4.03. The molecule has 2 aromatic rings. The Morgan fingerprint density at radius 3 is 2.79 bits per heavy atom. The molecule has 0 fully saturated rings. The van der Waals surface area contributed by atoms with Gasteiger partial charge in [-0.3, -0.25) is 9.59 Å². The Kier molecular flexibility index (Phi) is 5.27. The number of carboxylic acid groups (broad SMARTS) is 1. The van der Waals surface area contributed by atoms with Crippen LogP contribution in [0.2, 0.25) is 0 Å². The molecule has 1 amide bonds. The molecule has 0 radical (unpaired) electrons. The number of benzene rings is 1. The van der Waals surface area contributed by atoms with Crippen molar-refractivity contribution in [1.82, 2.24) is 5.32 Å². The third-order valence-corrected chi connectivity index (χ3v) is 5.27. The van der Waals surface area contributed by atoms with E-state index in [0.29, 0.717) is 24.5 Å². The molecule has 1 aromatic heterocycles. The minimum absolute atomic E-state index is 0.113. The van der Waals surface area contributed by atoms with Crippen LogP contribution in [0.1, 0.15) is 25.7 Å². The fourth-order valence-electron chi connectivity index (χ4n) is 2.71. The van der Waals surface area contributed by atoms with E-state index in [4.69, 9.17) is 4.74 Å². The number of aliphatic carboxylic acids is 1. The summed E-state index contributed by atoms with van der Waals surface area (Å²) in [6.07, 6.45) is 1.23. The van der Waals surface area contributed by atoms with E-state index in [-0.39, 0.29) is 12.5 Å². The van der Waals surface area contributed by atoms with Gasteiger partial charge in [0.15, 0.2) is 0 Å². The maximum Gasteiger partial charge on any atom is 0.308 e. The molecule has 6 heteroatoms. The molecule has 0 bridgehead atoms. The quantitative estimate of drug-likeness (QED) is 0.843. The topological polar surface area (TPSA) is 75.6 Å². The van der Waals surface area contributed by atoms with E-state index in [1.165, 1.54) is 16.2 Å². The number of rotatable bonds is 6. The van der Waals surface area contributed by atoms with Crippen LogP contribution < -0.4 is 5.32 Å². The van der Waals surface area contributed by atoms with Crippen molar-refractivity contribution in [3.63, 3.8) is 0 Å². The van der Waals surface area contributed by atoms with Crippen LogP contribution >= 0.6 is 11.3 Å². The lowest BCUT2D eigenvalue weighted by molar-refractivity contribution is -0.141. The molecular formula is C18H19NO4S. The van der Waals surface area contributed by atoms with Crippen LogP contribution in [0.3, 0.4) is 0 Å². The average molecular weight is 345 g/mol. The number of fused-ring (bicyclic) bond motifs is 1. The van der Waals surface area contributed by atoms with E-state index in [1.807, 2.05) is 36.4 Å². The molecule has 24 heavy (non-hydrogen) atoms. The molecule has 0 spiro atoms. The number of carboxylic acids is 1. The number of ether oxygens (including phenoxy) is 1. The van der Waals surface area contributed by atoms with Gasteiger partial charge in [-0.25, -0.2) is 0 Å². The predicted octanol–water partition coefficient (Wildman–Crippen LogP) is 2.49. The van der Waals surface area contributed by atoms with Gasteiger partial charge in [-0.1, -0.05) is 30.3 Å². The fraction of sp³-hybridized carbons (Fsp3) is 0.333. The van der Waals surface area contributed by atoms with Crippen LogP contribution in [0.5, 0.6) is 0 Å². The molecule has 1 atom stereocenters. The van der Waals surface area contributed by atoms with E-state index in [1.54, 1.807) is 0 Å². The maximum atomic E-state index is 12.3. The highest BCUT2D eigenvalue weighted by Crippen LogP contribution is 2.26. The average Bonchev–Trinajstić information content (AvgIpc) is 3.03. The highest BCUT2D eigenvalue weighted by Gasteiger charge is 2.21. The minimum Gasteiger partial charge on any atom is -0.481 e. The van der Waals surface area contributed by atoms with Crippen molar-refractivity contribution >= 4 is 23.2 Å². The summed E-state index contributed by atoms with van der Waals surface area (Å²) in [5.74, 6) is -1.76. The van der Waals surface area contributed by atoms with Crippen LogP contribution in [-0.4, -0.2) is 30.1 Å². The van der Waals surface area contributed by atoms with Gasteiger partial charge in [0.05, 0.1) is 24.0 Å². The molecule has 1 aliphatic rings.